The average molecular weight is 1020 g/mol. The van der Waals surface area contributed by atoms with Gasteiger partial charge in [-0.3, -0.25) is 0 Å². The van der Waals surface area contributed by atoms with Gasteiger partial charge in [-0.15, -0.1) is 0 Å². The Morgan fingerprint density at radius 1 is 0.339 bits per heavy atom. The average Bonchev–Trinajstić information content (AvgIpc) is 3.05. The number of rotatable bonds is 9. The van der Waals surface area contributed by atoms with Gasteiger partial charge in [-0.25, -0.2) is 9.18 Å². The molecule has 1 rings (SSSR count). The van der Waals surface area contributed by atoms with Gasteiger partial charge in [-0.1, -0.05) is 6.58 Å². The van der Waals surface area contributed by atoms with E-state index in [4.69, 9.17) is 0 Å². The lowest BCUT2D eigenvalue weighted by Gasteiger charge is -2.53. The van der Waals surface area contributed by atoms with E-state index in [1.165, 1.54) is 0 Å². The van der Waals surface area contributed by atoms with E-state index in [-0.39, 0.29) is 6.92 Å². The molecule has 0 unspecified atom stereocenters. The van der Waals surface area contributed by atoms with Crippen molar-refractivity contribution in [2.75, 3.05) is 0 Å². The van der Waals surface area contributed by atoms with E-state index >= 15 is 4.39 Å². The fraction of sp³-hybridized carbons (Fsp3) is 0.870. The molecule has 0 spiro atoms. The number of halogens is 37. The van der Waals surface area contributed by atoms with Gasteiger partial charge in [-0.05, 0) is 6.92 Å². The molecule has 368 valence electrons. The van der Waals surface area contributed by atoms with Gasteiger partial charge >= 0.3 is 118 Å². The van der Waals surface area contributed by atoms with Crippen LogP contribution in [0.15, 0.2) is 12.2 Å². The van der Waals surface area contributed by atoms with Crippen molar-refractivity contribution in [3.8, 4) is 0 Å². The minimum atomic E-state index is -11.7. The number of ether oxygens (including phenoxy) is 1. The fourth-order valence-corrected chi connectivity index (χ4v) is 4.25. The number of hydrogen-bond donors (Lipinski definition) is 0. The third-order valence-corrected chi connectivity index (χ3v) is 8.15. The maximum atomic E-state index is 15.5. The van der Waals surface area contributed by atoms with Crippen LogP contribution in [0.3, 0.4) is 0 Å². The standard InChI is InChI=1S/C23H5F37O2/c1-3(2)4(61)62-23(59,60)22(57,58)21(55,56)20(53,54)14(41,42)11(35,36)8(29,30)5(24)6(25,26)9(31,32)12(37,38)15(43,44)17(47,48)19(51,52)18(49,50)16(45,46)13(39,40)10(33,34)7(5,27)28/h1H2,2H3. The lowest BCUT2D eigenvalue weighted by Crippen LogP contribution is -2.87. The molecule has 0 amide bonds. The molecule has 2 nitrogen and oxygen atoms in total. The predicted octanol–water partition coefficient (Wildman–Crippen LogP) is 12.2. The topological polar surface area (TPSA) is 26.3 Å². The zero-order valence-corrected chi connectivity index (χ0v) is 27.0. The number of carbonyl (C=O) groups excluding carboxylic acids is 1. The van der Waals surface area contributed by atoms with Crippen LogP contribution in [-0.4, -0.2) is 118 Å². The molecule has 39 heteroatoms. The molecule has 0 aromatic heterocycles. The molecule has 1 saturated carbocycles. The number of hydrogen-bond acceptors (Lipinski definition) is 2. The molecule has 0 radical (unpaired) electrons. The van der Waals surface area contributed by atoms with Crippen LogP contribution in [-0.2, 0) is 9.53 Å². The molecule has 0 heterocycles. The lowest BCUT2D eigenvalue weighted by molar-refractivity contribution is -0.520. The van der Waals surface area contributed by atoms with Gasteiger partial charge in [0.1, 0.15) is 0 Å². The monoisotopic (exact) mass is 1020 g/mol. The first-order valence-electron chi connectivity index (χ1n) is 13.5. The van der Waals surface area contributed by atoms with Gasteiger partial charge in [0.15, 0.2) is 0 Å². The summed E-state index contributed by atoms with van der Waals surface area (Å²) in [5.41, 5.74) is -13.5. The number of alkyl halides is 37. The van der Waals surface area contributed by atoms with Crippen molar-refractivity contribution in [2.24, 2.45) is 0 Å². The normalized spacial score (nSPS) is 26.6. The van der Waals surface area contributed by atoms with Crippen LogP contribution in [0.5, 0.6) is 0 Å². The van der Waals surface area contributed by atoms with E-state index in [0.717, 1.165) is 0 Å². The zero-order valence-electron chi connectivity index (χ0n) is 27.0. The summed E-state index contributed by atoms with van der Waals surface area (Å²) in [6.07, 6.45) is -8.09. The highest BCUT2D eigenvalue weighted by atomic mass is 19.4. The highest BCUT2D eigenvalue weighted by Crippen LogP contribution is 2.75. The zero-order chi connectivity index (χ0) is 51.4. The molecule has 0 bridgehead atoms. The third-order valence-electron chi connectivity index (χ3n) is 8.15. The second-order valence-corrected chi connectivity index (χ2v) is 12.1. The minimum absolute atomic E-state index is 0.0195. The summed E-state index contributed by atoms with van der Waals surface area (Å²) in [7, 11) is 0. The Morgan fingerprint density at radius 3 is 0.726 bits per heavy atom. The summed E-state index contributed by atoms with van der Waals surface area (Å²) in [4.78, 5) is 11.0. The van der Waals surface area contributed by atoms with Gasteiger partial charge in [-0.2, -0.15) is 158 Å². The minimum Gasteiger partial charge on any atom is -0.393 e. The molecule has 0 aromatic carbocycles. The molecule has 0 N–H and O–H groups in total. The Labute approximate surface area is 310 Å². The van der Waals surface area contributed by atoms with Crippen molar-refractivity contribution in [3.05, 3.63) is 12.2 Å². The van der Waals surface area contributed by atoms with Crippen molar-refractivity contribution in [3.63, 3.8) is 0 Å². The molecule has 0 atom stereocenters. The number of carbonyl (C=O) groups is 1. The van der Waals surface area contributed by atoms with Crippen molar-refractivity contribution in [2.45, 2.75) is 119 Å². The third kappa shape index (κ3) is 5.62. The van der Waals surface area contributed by atoms with E-state index in [2.05, 4.69) is 6.58 Å². The molecule has 1 aliphatic rings. The quantitative estimate of drug-likeness (QED) is 0.131. The summed E-state index contributed by atoms with van der Waals surface area (Å²) < 4.78 is 529. The second kappa shape index (κ2) is 13.4. The Hall–Kier alpha value is -3.38. The first-order chi connectivity index (χ1) is 26.1. The molecular formula is C23H5F37O2. The van der Waals surface area contributed by atoms with E-state index in [0.29, 0.717) is 0 Å². The van der Waals surface area contributed by atoms with E-state index in [9.17, 15) is 163 Å². The lowest BCUT2D eigenvalue weighted by atomic mass is 9.70. The van der Waals surface area contributed by atoms with Crippen molar-refractivity contribution >= 4 is 5.97 Å². The van der Waals surface area contributed by atoms with Crippen molar-refractivity contribution in [1.82, 2.24) is 0 Å². The maximum absolute atomic E-state index is 15.5. The van der Waals surface area contributed by atoms with E-state index < -0.39 is 124 Å². The summed E-state index contributed by atoms with van der Waals surface area (Å²) in [5, 5.41) is 0. The Kier molecular flexibility index (Phi) is 12.2. The van der Waals surface area contributed by atoms with Crippen LogP contribution in [0, 0.1) is 0 Å². The fourth-order valence-electron chi connectivity index (χ4n) is 4.25. The van der Waals surface area contributed by atoms with Gasteiger partial charge < -0.3 is 4.74 Å². The van der Waals surface area contributed by atoms with Crippen molar-refractivity contribution < 1.29 is 172 Å². The molecule has 1 aliphatic carbocycles. The first-order valence-corrected chi connectivity index (χ1v) is 13.5. The Bertz CT molecular complexity index is 1700. The summed E-state index contributed by atoms with van der Waals surface area (Å²) in [6, 6.07) is 0. The summed E-state index contributed by atoms with van der Waals surface area (Å²) >= 11 is 0. The van der Waals surface area contributed by atoms with Gasteiger partial charge in [0, 0.05) is 5.57 Å². The highest BCUT2D eigenvalue weighted by molar-refractivity contribution is 5.87. The van der Waals surface area contributed by atoms with Crippen LogP contribution in [0.2, 0.25) is 0 Å². The molecule has 0 saturated heterocycles. The van der Waals surface area contributed by atoms with Crippen LogP contribution in [0.4, 0.5) is 162 Å². The van der Waals surface area contributed by atoms with Gasteiger partial charge in [0.2, 0.25) is 0 Å². The Balaban J connectivity index is 4.92. The van der Waals surface area contributed by atoms with Gasteiger partial charge in [0.25, 0.3) is 0 Å². The SMILES string of the molecule is C=C(C)C(=O)OC(F)(F)C(F)(F)C(F)(F)C(F)(F)C(F)(F)C(F)(F)C(F)(F)C1(F)C(F)(F)C(F)(F)C(F)(F)C(F)(F)C(F)(F)C(F)(F)C(F)(F)C(F)(F)C(F)(F)C(F)(F)C1(F)F. The second-order valence-electron chi connectivity index (χ2n) is 12.1. The largest absolute Gasteiger partial charge is 0.473 e. The molecule has 0 aliphatic heterocycles. The molecule has 1 fully saturated rings. The summed E-state index contributed by atoms with van der Waals surface area (Å²) in [5.74, 6) is -182. The van der Waals surface area contributed by atoms with Gasteiger partial charge in [0.05, 0.1) is 0 Å². The molecular weight excluding hydrogens is 1010 g/mol. The maximum Gasteiger partial charge on any atom is 0.473 e. The van der Waals surface area contributed by atoms with Crippen LogP contribution in [0.1, 0.15) is 6.92 Å². The molecule has 62 heavy (non-hydrogen) atoms. The van der Waals surface area contributed by atoms with E-state index in [1.54, 1.807) is 0 Å². The number of esters is 1. The predicted molar refractivity (Wildman–Crippen MR) is 114 cm³/mol. The first kappa shape index (κ1) is 56.6. The van der Waals surface area contributed by atoms with Crippen LogP contribution >= 0.6 is 0 Å². The van der Waals surface area contributed by atoms with Crippen LogP contribution in [0.25, 0.3) is 0 Å². The van der Waals surface area contributed by atoms with E-state index in [1.807, 2.05) is 4.74 Å². The van der Waals surface area contributed by atoms with Crippen LogP contribution < -0.4 is 0 Å². The van der Waals surface area contributed by atoms with Crippen molar-refractivity contribution in [1.29, 1.82) is 0 Å². The smallest absolute Gasteiger partial charge is 0.393 e. The summed E-state index contributed by atoms with van der Waals surface area (Å²) in [6.45, 7) is 2.15. The Morgan fingerprint density at radius 2 is 0.516 bits per heavy atom. The molecule has 0 aromatic rings. The highest BCUT2D eigenvalue weighted by Gasteiger charge is 3.08.